The van der Waals surface area contributed by atoms with Gasteiger partial charge in [0.2, 0.25) is 0 Å². The number of rotatable bonds is 3. The van der Waals surface area contributed by atoms with Crippen LogP contribution in [0.4, 0.5) is 0 Å². The Morgan fingerprint density at radius 3 is 2.86 bits per heavy atom. The van der Waals surface area contributed by atoms with Crippen molar-refractivity contribution < 1.29 is 0 Å². The van der Waals surface area contributed by atoms with Crippen LogP contribution >= 0.6 is 0 Å². The minimum atomic E-state index is 0.830. The standard InChI is InChI=1S/C17H16N4/c1-4-5-12(2)16-11-19-17-7-6-15(20-21(16)17)14-8-9-18-13(3)10-14/h4-11H,1H2,2-3H3/b12-5+. The maximum absolute atomic E-state index is 4.70. The van der Waals surface area contributed by atoms with Gasteiger partial charge in [0.1, 0.15) is 0 Å². The van der Waals surface area contributed by atoms with Crippen molar-refractivity contribution in [2.24, 2.45) is 0 Å². The summed E-state index contributed by atoms with van der Waals surface area (Å²) in [4.78, 5) is 8.61. The Morgan fingerprint density at radius 2 is 2.10 bits per heavy atom. The predicted octanol–water partition coefficient (Wildman–Crippen LogP) is 3.69. The fourth-order valence-corrected chi connectivity index (χ4v) is 2.26. The van der Waals surface area contributed by atoms with E-state index in [9.17, 15) is 0 Å². The van der Waals surface area contributed by atoms with Crippen LogP contribution in [0.25, 0.3) is 22.5 Å². The van der Waals surface area contributed by atoms with E-state index in [2.05, 4.69) is 16.5 Å². The highest BCUT2D eigenvalue weighted by atomic mass is 15.3. The second kappa shape index (κ2) is 5.32. The Balaban J connectivity index is 2.17. The van der Waals surface area contributed by atoms with Crippen molar-refractivity contribution >= 4 is 11.2 Å². The molecular weight excluding hydrogens is 260 g/mol. The molecule has 0 saturated carbocycles. The van der Waals surface area contributed by atoms with E-state index in [-0.39, 0.29) is 0 Å². The number of fused-ring (bicyclic) bond motifs is 1. The van der Waals surface area contributed by atoms with Crippen LogP contribution in [0.5, 0.6) is 0 Å². The molecule has 4 nitrogen and oxygen atoms in total. The van der Waals surface area contributed by atoms with Crippen molar-refractivity contribution in [2.45, 2.75) is 13.8 Å². The van der Waals surface area contributed by atoms with Crippen molar-refractivity contribution in [1.82, 2.24) is 19.6 Å². The Labute approximate surface area is 123 Å². The summed E-state index contributed by atoms with van der Waals surface area (Å²) in [6.45, 7) is 7.73. The summed E-state index contributed by atoms with van der Waals surface area (Å²) < 4.78 is 1.86. The lowest BCUT2D eigenvalue weighted by Crippen LogP contribution is -1.98. The van der Waals surface area contributed by atoms with Gasteiger partial charge in [0, 0.05) is 17.5 Å². The normalized spacial score (nSPS) is 11.8. The molecule has 0 aliphatic carbocycles. The van der Waals surface area contributed by atoms with Gasteiger partial charge in [-0.05, 0) is 43.7 Å². The maximum Gasteiger partial charge on any atom is 0.154 e. The van der Waals surface area contributed by atoms with E-state index in [0.717, 1.165) is 33.9 Å². The van der Waals surface area contributed by atoms with Gasteiger partial charge >= 0.3 is 0 Å². The van der Waals surface area contributed by atoms with Crippen LogP contribution < -0.4 is 0 Å². The summed E-state index contributed by atoms with van der Waals surface area (Å²) in [5, 5.41) is 4.70. The van der Waals surface area contributed by atoms with Crippen LogP contribution in [0.2, 0.25) is 0 Å². The van der Waals surface area contributed by atoms with Crippen molar-refractivity contribution in [3.63, 3.8) is 0 Å². The van der Waals surface area contributed by atoms with Gasteiger partial charge in [-0.2, -0.15) is 5.10 Å². The Bertz CT molecular complexity index is 843. The molecule has 0 fully saturated rings. The van der Waals surface area contributed by atoms with Crippen molar-refractivity contribution in [3.8, 4) is 11.3 Å². The summed E-state index contributed by atoms with van der Waals surface area (Å²) in [5.74, 6) is 0. The van der Waals surface area contributed by atoms with Gasteiger partial charge < -0.3 is 0 Å². The largest absolute Gasteiger partial charge is 0.262 e. The molecule has 104 valence electrons. The first-order valence-corrected chi connectivity index (χ1v) is 6.76. The van der Waals surface area contributed by atoms with Gasteiger partial charge in [-0.1, -0.05) is 18.7 Å². The second-order valence-corrected chi connectivity index (χ2v) is 4.90. The first kappa shape index (κ1) is 13.2. The summed E-state index contributed by atoms with van der Waals surface area (Å²) in [7, 11) is 0. The van der Waals surface area contributed by atoms with E-state index < -0.39 is 0 Å². The number of allylic oxidation sites excluding steroid dienone is 3. The lowest BCUT2D eigenvalue weighted by Gasteiger charge is -2.05. The first-order valence-electron chi connectivity index (χ1n) is 6.76. The molecule has 3 heterocycles. The SMILES string of the molecule is C=C/C=C(\C)c1cnc2ccc(-c3ccnc(C)c3)nn12. The minimum absolute atomic E-state index is 0.830. The highest BCUT2D eigenvalue weighted by Gasteiger charge is 2.08. The van der Waals surface area contributed by atoms with Crippen LogP contribution in [0.1, 0.15) is 18.3 Å². The highest BCUT2D eigenvalue weighted by molar-refractivity contribution is 5.66. The van der Waals surface area contributed by atoms with Crippen molar-refractivity contribution in [2.75, 3.05) is 0 Å². The Hall–Kier alpha value is -2.75. The van der Waals surface area contributed by atoms with E-state index in [1.54, 1.807) is 12.3 Å². The number of aromatic nitrogens is 4. The van der Waals surface area contributed by atoms with E-state index in [1.807, 2.05) is 54.9 Å². The molecule has 0 aliphatic rings. The molecule has 0 bridgehead atoms. The van der Waals surface area contributed by atoms with Gasteiger partial charge in [-0.25, -0.2) is 9.50 Å². The summed E-state index contributed by atoms with van der Waals surface area (Å²) >= 11 is 0. The average molecular weight is 276 g/mol. The molecule has 0 atom stereocenters. The molecule has 0 amide bonds. The molecule has 3 aromatic rings. The molecule has 4 heteroatoms. The van der Waals surface area contributed by atoms with Gasteiger partial charge in [0.15, 0.2) is 5.65 Å². The number of pyridine rings is 1. The van der Waals surface area contributed by atoms with Gasteiger partial charge in [0.05, 0.1) is 17.6 Å². The fourth-order valence-electron chi connectivity index (χ4n) is 2.26. The van der Waals surface area contributed by atoms with Crippen LogP contribution in [-0.2, 0) is 0 Å². The maximum atomic E-state index is 4.70. The number of aryl methyl sites for hydroxylation is 1. The third-order valence-electron chi connectivity index (χ3n) is 3.33. The molecule has 0 radical (unpaired) electrons. The smallest absolute Gasteiger partial charge is 0.154 e. The monoisotopic (exact) mass is 276 g/mol. The summed E-state index contributed by atoms with van der Waals surface area (Å²) in [6.07, 6.45) is 7.35. The quantitative estimate of drug-likeness (QED) is 0.685. The predicted molar refractivity (Wildman–Crippen MR) is 84.8 cm³/mol. The number of nitrogens with zero attached hydrogens (tertiary/aromatic N) is 4. The molecule has 0 saturated heterocycles. The summed E-state index contributed by atoms with van der Waals surface area (Å²) in [6, 6.07) is 7.94. The highest BCUT2D eigenvalue weighted by Crippen LogP contribution is 2.20. The summed E-state index contributed by atoms with van der Waals surface area (Å²) in [5.41, 5.74) is 5.80. The number of hydrogen-bond donors (Lipinski definition) is 0. The third kappa shape index (κ3) is 2.48. The zero-order chi connectivity index (χ0) is 14.8. The Kier molecular flexibility index (Phi) is 3.36. The molecule has 3 rings (SSSR count). The number of hydrogen-bond acceptors (Lipinski definition) is 3. The zero-order valence-corrected chi connectivity index (χ0v) is 12.1. The van der Waals surface area contributed by atoms with Crippen molar-refractivity contribution in [3.05, 3.63) is 66.8 Å². The Morgan fingerprint density at radius 1 is 1.24 bits per heavy atom. The first-order chi connectivity index (χ1) is 10.2. The molecule has 0 aliphatic heterocycles. The minimum Gasteiger partial charge on any atom is -0.262 e. The molecule has 21 heavy (non-hydrogen) atoms. The zero-order valence-electron chi connectivity index (χ0n) is 12.1. The molecule has 0 aromatic carbocycles. The number of imidazole rings is 1. The van der Waals surface area contributed by atoms with Gasteiger partial charge in [-0.3, -0.25) is 4.98 Å². The van der Waals surface area contributed by atoms with E-state index in [1.165, 1.54) is 0 Å². The fraction of sp³-hybridized carbons (Fsp3) is 0.118. The van der Waals surface area contributed by atoms with E-state index in [4.69, 9.17) is 5.10 Å². The lowest BCUT2D eigenvalue weighted by atomic mass is 10.1. The van der Waals surface area contributed by atoms with Gasteiger partial charge in [-0.15, -0.1) is 0 Å². The van der Waals surface area contributed by atoms with E-state index in [0.29, 0.717) is 0 Å². The van der Waals surface area contributed by atoms with Crippen LogP contribution in [0.3, 0.4) is 0 Å². The molecule has 3 aromatic heterocycles. The van der Waals surface area contributed by atoms with E-state index >= 15 is 0 Å². The van der Waals surface area contributed by atoms with Crippen LogP contribution in [0.15, 0.2) is 55.4 Å². The third-order valence-corrected chi connectivity index (χ3v) is 3.33. The lowest BCUT2D eigenvalue weighted by molar-refractivity contribution is 0.926. The molecule has 0 spiro atoms. The van der Waals surface area contributed by atoms with Crippen LogP contribution in [0, 0.1) is 6.92 Å². The van der Waals surface area contributed by atoms with Crippen molar-refractivity contribution in [1.29, 1.82) is 0 Å². The van der Waals surface area contributed by atoms with Crippen LogP contribution in [-0.4, -0.2) is 19.6 Å². The molecule has 0 N–H and O–H groups in total. The average Bonchev–Trinajstić information content (AvgIpc) is 2.90. The molecular formula is C17H16N4. The second-order valence-electron chi connectivity index (χ2n) is 4.90. The van der Waals surface area contributed by atoms with Gasteiger partial charge in [0.25, 0.3) is 0 Å². The molecule has 0 unspecified atom stereocenters. The topological polar surface area (TPSA) is 43.1 Å².